The number of hydrogen-bond donors (Lipinski definition) is 3. The van der Waals surface area contributed by atoms with E-state index in [1.807, 2.05) is 36.4 Å². The molecule has 0 radical (unpaired) electrons. The van der Waals surface area contributed by atoms with Gasteiger partial charge in [-0.3, -0.25) is 9.59 Å². The molecule has 0 aromatic heterocycles. The van der Waals surface area contributed by atoms with E-state index in [1.54, 1.807) is 6.08 Å². The number of fused-ring (bicyclic) bond motifs is 3. The molecule has 2 amide bonds. The monoisotopic (exact) mass is 436 g/mol. The number of benzene rings is 2. The average molecular weight is 437 g/mol. The third-order valence-electron chi connectivity index (χ3n) is 5.62. The van der Waals surface area contributed by atoms with Crippen LogP contribution in [0.3, 0.4) is 0 Å². The maximum absolute atomic E-state index is 12.5. The molecule has 2 unspecified atom stereocenters. The number of carbonyl (C=O) groups is 3. The molecular weight excluding hydrogens is 408 g/mol. The highest BCUT2D eigenvalue weighted by Crippen LogP contribution is 2.44. The SMILES string of the molecule is C=CCCC(NC(=O)OCC1c2ccccc2-c2ccccc21)C(=O)NCC(C)C(=O)O. The predicted octanol–water partition coefficient (Wildman–Crippen LogP) is 3.70. The fourth-order valence-corrected chi connectivity index (χ4v) is 3.80. The zero-order valence-electron chi connectivity index (χ0n) is 18.0. The number of aliphatic carboxylic acids is 1. The molecule has 2 atom stereocenters. The van der Waals surface area contributed by atoms with Gasteiger partial charge in [0.05, 0.1) is 5.92 Å². The predicted molar refractivity (Wildman–Crippen MR) is 121 cm³/mol. The molecule has 0 aliphatic heterocycles. The summed E-state index contributed by atoms with van der Waals surface area (Å²) in [4.78, 5) is 36.0. The van der Waals surface area contributed by atoms with Crippen LogP contribution in [0.4, 0.5) is 4.79 Å². The molecule has 0 bridgehead atoms. The molecule has 0 heterocycles. The van der Waals surface area contributed by atoms with Crippen LogP contribution < -0.4 is 10.6 Å². The first kappa shape index (κ1) is 23.1. The van der Waals surface area contributed by atoms with Gasteiger partial charge < -0.3 is 20.5 Å². The molecule has 2 aromatic rings. The van der Waals surface area contributed by atoms with Crippen molar-refractivity contribution in [1.29, 1.82) is 0 Å². The number of carboxylic acids is 1. The van der Waals surface area contributed by atoms with Crippen molar-refractivity contribution in [3.63, 3.8) is 0 Å². The van der Waals surface area contributed by atoms with Crippen LogP contribution in [0.1, 0.15) is 36.8 Å². The van der Waals surface area contributed by atoms with Crippen LogP contribution in [0, 0.1) is 5.92 Å². The minimum Gasteiger partial charge on any atom is -0.481 e. The molecule has 168 valence electrons. The van der Waals surface area contributed by atoms with E-state index in [-0.39, 0.29) is 19.1 Å². The number of nitrogens with one attached hydrogen (secondary N) is 2. The average Bonchev–Trinajstić information content (AvgIpc) is 3.12. The Hall–Kier alpha value is -3.61. The van der Waals surface area contributed by atoms with Crippen molar-refractivity contribution in [3.8, 4) is 11.1 Å². The highest BCUT2D eigenvalue weighted by Gasteiger charge is 2.29. The van der Waals surface area contributed by atoms with Gasteiger partial charge in [0.15, 0.2) is 0 Å². The Morgan fingerprint density at radius 2 is 1.69 bits per heavy atom. The summed E-state index contributed by atoms with van der Waals surface area (Å²) in [5.41, 5.74) is 4.47. The summed E-state index contributed by atoms with van der Waals surface area (Å²) in [5, 5.41) is 14.2. The van der Waals surface area contributed by atoms with E-state index in [9.17, 15) is 14.4 Å². The minimum absolute atomic E-state index is 0.0227. The quantitative estimate of drug-likeness (QED) is 0.493. The first-order valence-electron chi connectivity index (χ1n) is 10.6. The summed E-state index contributed by atoms with van der Waals surface area (Å²) in [7, 11) is 0. The number of rotatable bonds is 10. The summed E-state index contributed by atoms with van der Waals surface area (Å²) >= 11 is 0. The second kappa shape index (κ2) is 10.6. The highest BCUT2D eigenvalue weighted by molar-refractivity contribution is 5.86. The smallest absolute Gasteiger partial charge is 0.407 e. The van der Waals surface area contributed by atoms with Crippen LogP contribution in [0.5, 0.6) is 0 Å². The van der Waals surface area contributed by atoms with Crippen molar-refractivity contribution >= 4 is 18.0 Å². The van der Waals surface area contributed by atoms with Gasteiger partial charge in [-0.15, -0.1) is 6.58 Å². The van der Waals surface area contributed by atoms with E-state index >= 15 is 0 Å². The van der Waals surface area contributed by atoms with Crippen molar-refractivity contribution in [1.82, 2.24) is 10.6 Å². The van der Waals surface area contributed by atoms with E-state index in [2.05, 4.69) is 29.3 Å². The van der Waals surface area contributed by atoms with E-state index in [0.717, 1.165) is 22.3 Å². The highest BCUT2D eigenvalue weighted by atomic mass is 16.5. The molecular formula is C25H28N2O5. The van der Waals surface area contributed by atoms with Crippen molar-refractivity contribution in [2.24, 2.45) is 5.92 Å². The van der Waals surface area contributed by atoms with Gasteiger partial charge in [-0.1, -0.05) is 61.5 Å². The third kappa shape index (κ3) is 5.35. The number of carboxylic acid groups (broad SMARTS) is 1. The largest absolute Gasteiger partial charge is 0.481 e. The Labute approximate surface area is 187 Å². The van der Waals surface area contributed by atoms with Crippen molar-refractivity contribution in [2.45, 2.75) is 31.7 Å². The molecule has 1 aliphatic carbocycles. The minimum atomic E-state index is -1.00. The lowest BCUT2D eigenvalue weighted by Gasteiger charge is -2.20. The molecule has 0 saturated carbocycles. The molecule has 3 N–H and O–H groups in total. The zero-order valence-corrected chi connectivity index (χ0v) is 18.0. The van der Waals surface area contributed by atoms with E-state index < -0.39 is 29.9 Å². The first-order valence-corrected chi connectivity index (χ1v) is 10.6. The van der Waals surface area contributed by atoms with Crippen LogP contribution in [0.25, 0.3) is 11.1 Å². The number of alkyl carbamates (subject to hydrolysis) is 1. The number of ether oxygens (including phenoxy) is 1. The van der Waals surface area contributed by atoms with E-state index in [1.165, 1.54) is 6.92 Å². The van der Waals surface area contributed by atoms with Crippen molar-refractivity contribution in [2.75, 3.05) is 13.2 Å². The molecule has 7 nitrogen and oxygen atoms in total. The topological polar surface area (TPSA) is 105 Å². The Kier molecular flexibility index (Phi) is 7.65. The van der Waals surface area contributed by atoms with Gasteiger partial charge in [0, 0.05) is 12.5 Å². The zero-order chi connectivity index (χ0) is 23.1. The summed E-state index contributed by atoms with van der Waals surface area (Å²) in [6, 6.07) is 15.2. The Bertz CT molecular complexity index is 958. The van der Waals surface area contributed by atoms with E-state index in [4.69, 9.17) is 9.84 Å². The first-order chi connectivity index (χ1) is 15.4. The third-order valence-corrected chi connectivity index (χ3v) is 5.62. The second-order valence-corrected chi connectivity index (χ2v) is 7.87. The van der Waals surface area contributed by atoms with Crippen molar-refractivity contribution in [3.05, 3.63) is 72.3 Å². The van der Waals surface area contributed by atoms with Gasteiger partial charge in [-0.05, 0) is 35.1 Å². The maximum atomic E-state index is 12.5. The summed E-state index contributed by atoms with van der Waals surface area (Å²) in [6.07, 6.45) is 1.80. The molecule has 2 aromatic carbocycles. The standard InChI is InChI=1S/C25H28N2O5/c1-3-4-13-22(23(28)26-14-16(2)24(29)30)27-25(31)32-15-21-19-11-7-5-9-17(19)18-10-6-8-12-20(18)21/h3,5-12,16,21-22H,1,4,13-15H2,2H3,(H,26,28)(H,27,31)(H,29,30). The Morgan fingerprint density at radius 3 is 2.25 bits per heavy atom. The van der Waals surface area contributed by atoms with Crippen LogP contribution in [-0.2, 0) is 14.3 Å². The van der Waals surface area contributed by atoms with Crippen LogP contribution >= 0.6 is 0 Å². The lowest BCUT2D eigenvalue weighted by atomic mass is 9.98. The fraction of sp³-hybridized carbons (Fsp3) is 0.320. The number of amides is 2. The van der Waals surface area contributed by atoms with Gasteiger partial charge in [0.2, 0.25) is 5.91 Å². The van der Waals surface area contributed by atoms with Gasteiger partial charge in [-0.2, -0.15) is 0 Å². The molecule has 3 rings (SSSR count). The van der Waals surface area contributed by atoms with Crippen LogP contribution in [-0.4, -0.2) is 42.3 Å². The van der Waals surface area contributed by atoms with E-state index in [0.29, 0.717) is 12.8 Å². The van der Waals surface area contributed by atoms with Gasteiger partial charge in [0.1, 0.15) is 12.6 Å². The lowest BCUT2D eigenvalue weighted by Crippen LogP contribution is -2.48. The molecule has 7 heteroatoms. The maximum Gasteiger partial charge on any atom is 0.407 e. The molecule has 32 heavy (non-hydrogen) atoms. The van der Waals surface area contributed by atoms with Gasteiger partial charge in [0.25, 0.3) is 0 Å². The Balaban J connectivity index is 1.62. The molecule has 0 spiro atoms. The lowest BCUT2D eigenvalue weighted by molar-refractivity contribution is -0.141. The summed E-state index contributed by atoms with van der Waals surface area (Å²) in [5.74, 6) is -2.26. The molecule has 0 fully saturated rings. The summed E-state index contributed by atoms with van der Waals surface area (Å²) < 4.78 is 5.51. The van der Waals surface area contributed by atoms with Gasteiger partial charge >= 0.3 is 12.1 Å². The number of allylic oxidation sites excluding steroid dienone is 1. The number of hydrogen-bond acceptors (Lipinski definition) is 4. The van der Waals surface area contributed by atoms with Crippen molar-refractivity contribution < 1.29 is 24.2 Å². The van der Waals surface area contributed by atoms with Crippen LogP contribution in [0.15, 0.2) is 61.2 Å². The normalized spacial score (nSPS) is 13.9. The van der Waals surface area contributed by atoms with Gasteiger partial charge in [-0.25, -0.2) is 4.79 Å². The summed E-state index contributed by atoms with van der Waals surface area (Å²) in [6.45, 7) is 5.27. The fourth-order valence-electron chi connectivity index (χ4n) is 3.80. The Morgan fingerprint density at radius 1 is 1.09 bits per heavy atom. The molecule has 1 aliphatic rings. The second-order valence-electron chi connectivity index (χ2n) is 7.87. The van der Waals surface area contributed by atoms with Crippen LogP contribution in [0.2, 0.25) is 0 Å². The molecule has 0 saturated heterocycles. The number of carbonyl (C=O) groups excluding carboxylic acids is 2.